The zero-order valence-electron chi connectivity index (χ0n) is 8.06. The minimum absolute atomic E-state index is 0.127. The second-order valence-corrected chi connectivity index (χ2v) is 3.75. The van der Waals surface area contributed by atoms with Crippen LogP contribution in [0.1, 0.15) is 30.1 Å². The molecule has 15 heavy (non-hydrogen) atoms. The summed E-state index contributed by atoms with van der Waals surface area (Å²) in [5.74, 6) is 0.127. The maximum Gasteiger partial charge on any atom is 0.435 e. The molecule has 1 aliphatic rings. The summed E-state index contributed by atoms with van der Waals surface area (Å²) in [6.07, 6.45) is -2.45. The van der Waals surface area contributed by atoms with Gasteiger partial charge in [0, 0.05) is 18.2 Å². The van der Waals surface area contributed by atoms with Gasteiger partial charge >= 0.3 is 6.18 Å². The Kier molecular flexibility index (Phi) is 2.68. The molecule has 0 spiro atoms. The van der Waals surface area contributed by atoms with E-state index < -0.39 is 11.9 Å². The van der Waals surface area contributed by atoms with E-state index in [2.05, 4.69) is 15.5 Å². The third-order valence-corrected chi connectivity index (χ3v) is 2.62. The number of rotatable bonds is 1. The van der Waals surface area contributed by atoms with E-state index in [4.69, 9.17) is 0 Å². The number of hydrogen-bond acceptors (Lipinski definition) is 2. The van der Waals surface area contributed by atoms with Crippen LogP contribution in [-0.2, 0) is 6.18 Å². The lowest BCUT2D eigenvalue weighted by Gasteiger charge is -2.21. The summed E-state index contributed by atoms with van der Waals surface area (Å²) in [6.45, 7) is 1.66. The molecule has 2 heterocycles. The summed E-state index contributed by atoms with van der Waals surface area (Å²) in [5, 5.41) is 8.91. The minimum Gasteiger partial charge on any atom is -0.316 e. The summed E-state index contributed by atoms with van der Waals surface area (Å²) in [4.78, 5) is 0. The van der Waals surface area contributed by atoms with Crippen LogP contribution in [0.2, 0.25) is 0 Å². The lowest BCUT2D eigenvalue weighted by atomic mass is 9.96. The fourth-order valence-corrected chi connectivity index (χ4v) is 1.81. The van der Waals surface area contributed by atoms with Crippen molar-refractivity contribution in [2.24, 2.45) is 0 Å². The first kappa shape index (κ1) is 10.5. The summed E-state index contributed by atoms with van der Waals surface area (Å²) < 4.78 is 36.8. The second kappa shape index (κ2) is 3.84. The quantitative estimate of drug-likeness (QED) is 0.757. The first-order chi connectivity index (χ1) is 7.07. The fourth-order valence-electron chi connectivity index (χ4n) is 1.81. The summed E-state index contributed by atoms with van der Waals surface area (Å²) in [6, 6.07) is 1.11. The van der Waals surface area contributed by atoms with Crippen molar-refractivity contribution in [2.75, 3.05) is 13.1 Å². The first-order valence-electron chi connectivity index (χ1n) is 4.90. The second-order valence-electron chi connectivity index (χ2n) is 3.75. The highest BCUT2D eigenvalue weighted by molar-refractivity contribution is 5.16. The van der Waals surface area contributed by atoms with Crippen LogP contribution in [0.3, 0.4) is 0 Å². The number of aromatic nitrogens is 2. The third-order valence-electron chi connectivity index (χ3n) is 2.62. The van der Waals surface area contributed by atoms with E-state index in [1.807, 2.05) is 0 Å². The van der Waals surface area contributed by atoms with Crippen molar-refractivity contribution in [2.45, 2.75) is 24.9 Å². The van der Waals surface area contributed by atoms with E-state index in [0.29, 0.717) is 5.69 Å². The molecule has 0 bridgehead atoms. The molecule has 0 unspecified atom stereocenters. The number of hydrogen-bond donors (Lipinski definition) is 2. The van der Waals surface area contributed by atoms with Gasteiger partial charge in [0.15, 0.2) is 5.69 Å². The van der Waals surface area contributed by atoms with Gasteiger partial charge in [0.05, 0.1) is 0 Å². The van der Waals surface area contributed by atoms with Gasteiger partial charge in [0.25, 0.3) is 0 Å². The molecule has 6 heteroatoms. The molecule has 0 aromatic carbocycles. The van der Waals surface area contributed by atoms with Gasteiger partial charge < -0.3 is 5.32 Å². The Morgan fingerprint density at radius 1 is 1.40 bits per heavy atom. The zero-order chi connectivity index (χ0) is 10.9. The van der Waals surface area contributed by atoms with Crippen molar-refractivity contribution < 1.29 is 13.2 Å². The van der Waals surface area contributed by atoms with Crippen LogP contribution in [0.5, 0.6) is 0 Å². The average Bonchev–Trinajstić information content (AvgIpc) is 2.67. The highest BCUT2D eigenvalue weighted by atomic mass is 19.4. The van der Waals surface area contributed by atoms with Gasteiger partial charge in [-0.05, 0) is 25.5 Å². The summed E-state index contributed by atoms with van der Waals surface area (Å²) in [5.41, 5.74) is -0.252. The SMILES string of the molecule is FC(F)(F)c1cc([C@@H]2CCCNC2)[nH]n1. The molecular weight excluding hydrogens is 207 g/mol. The van der Waals surface area contributed by atoms with E-state index in [0.717, 1.165) is 32.0 Å². The molecule has 0 amide bonds. The lowest BCUT2D eigenvalue weighted by Crippen LogP contribution is -2.28. The number of piperidine rings is 1. The van der Waals surface area contributed by atoms with Crippen LogP contribution >= 0.6 is 0 Å². The standard InChI is InChI=1S/C9H12F3N3/c10-9(11,12)8-4-7(14-15-8)6-2-1-3-13-5-6/h4,6,13H,1-3,5H2,(H,14,15)/t6-/m1/s1. The van der Waals surface area contributed by atoms with Gasteiger partial charge in [-0.3, -0.25) is 5.10 Å². The Morgan fingerprint density at radius 3 is 2.73 bits per heavy atom. The van der Waals surface area contributed by atoms with Gasteiger partial charge in [-0.2, -0.15) is 18.3 Å². The van der Waals surface area contributed by atoms with Crippen LogP contribution < -0.4 is 5.32 Å². The maximum atomic E-state index is 12.3. The maximum absolute atomic E-state index is 12.3. The number of halogens is 3. The van der Waals surface area contributed by atoms with Crippen molar-refractivity contribution in [1.82, 2.24) is 15.5 Å². The Labute approximate surface area is 85.1 Å². The Bertz CT molecular complexity index is 326. The molecule has 0 aliphatic carbocycles. The number of alkyl halides is 3. The number of aromatic amines is 1. The van der Waals surface area contributed by atoms with E-state index >= 15 is 0 Å². The zero-order valence-corrected chi connectivity index (χ0v) is 8.06. The van der Waals surface area contributed by atoms with E-state index in [9.17, 15) is 13.2 Å². The van der Waals surface area contributed by atoms with Crippen LogP contribution in [0.15, 0.2) is 6.07 Å². The van der Waals surface area contributed by atoms with Crippen molar-refractivity contribution in [3.8, 4) is 0 Å². The molecule has 1 atom stereocenters. The Hall–Kier alpha value is -1.04. The summed E-state index contributed by atoms with van der Waals surface area (Å²) >= 11 is 0. The number of H-pyrrole nitrogens is 1. The molecule has 2 N–H and O–H groups in total. The molecule has 1 fully saturated rings. The van der Waals surface area contributed by atoms with E-state index in [-0.39, 0.29) is 5.92 Å². The lowest BCUT2D eigenvalue weighted by molar-refractivity contribution is -0.141. The molecule has 84 valence electrons. The predicted octanol–water partition coefficient (Wildman–Crippen LogP) is 1.90. The normalized spacial score (nSPS) is 23.0. The smallest absolute Gasteiger partial charge is 0.316 e. The molecule has 1 aliphatic heterocycles. The highest BCUT2D eigenvalue weighted by Gasteiger charge is 2.34. The monoisotopic (exact) mass is 219 g/mol. The molecule has 1 aromatic heterocycles. The van der Waals surface area contributed by atoms with Gasteiger partial charge in [-0.1, -0.05) is 0 Å². The van der Waals surface area contributed by atoms with Crippen molar-refractivity contribution in [3.63, 3.8) is 0 Å². The summed E-state index contributed by atoms with van der Waals surface area (Å²) in [7, 11) is 0. The minimum atomic E-state index is -4.35. The van der Waals surface area contributed by atoms with Crippen molar-refractivity contribution in [3.05, 3.63) is 17.5 Å². The van der Waals surface area contributed by atoms with Gasteiger partial charge in [-0.15, -0.1) is 0 Å². The Morgan fingerprint density at radius 2 is 2.20 bits per heavy atom. The molecule has 0 saturated carbocycles. The topological polar surface area (TPSA) is 40.7 Å². The molecule has 0 radical (unpaired) electrons. The van der Waals surface area contributed by atoms with E-state index in [1.165, 1.54) is 0 Å². The Balaban J connectivity index is 2.12. The number of nitrogens with zero attached hydrogens (tertiary/aromatic N) is 1. The van der Waals surface area contributed by atoms with Crippen LogP contribution in [0, 0.1) is 0 Å². The van der Waals surface area contributed by atoms with Crippen LogP contribution in [0.4, 0.5) is 13.2 Å². The number of nitrogens with one attached hydrogen (secondary N) is 2. The average molecular weight is 219 g/mol. The molecular formula is C9H12F3N3. The third kappa shape index (κ3) is 2.31. The van der Waals surface area contributed by atoms with Crippen LogP contribution in [-0.4, -0.2) is 23.3 Å². The van der Waals surface area contributed by atoms with Crippen molar-refractivity contribution >= 4 is 0 Å². The molecule has 1 saturated heterocycles. The molecule has 3 nitrogen and oxygen atoms in total. The van der Waals surface area contributed by atoms with Gasteiger partial charge in [-0.25, -0.2) is 0 Å². The largest absolute Gasteiger partial charge is 0.435 e. The molecule has 2 rings (SSSR count). The van der Waals surface area contributed by atoms with E-state index in [1.54, 1.807) is 0 Å². The van der Waals surface area contributed by atoms with Crippen LogP contribution in [0.25, 0.3) is 0 Å². The van der Waals surface area contributed by atoms with Crippen molar-refractivity contribution in [1.29, 1.82) is 0 Å². The van der Waals surface area contributed by atoms with Gasteiger partial charge in [0.1, 0.15) is 0 Å². The fraction of sp³-hybridized carbons (Fsp3) is 0.667. The molecule has 1 aromatic rings. The first-order valence-corrected chi connectivity index (χ1v) is 4.90. The predicted molar refractivity (Wildman–Crippen MR) is 48.4 cm³/mol. The highest BCUT2D eigenvalue weighted by Crippen LogP contribution is 2.30. The van der Waals surface area contributed by atoms with Gasteiger partial charge in [0.2, 0.25) is 0 Å².